The molecule has 2 nitrogen and oxygen atoms in total. The summed E-state index contributed by atoms with van der Waals surface area (Å²) in [6, 6.07) is 20.4. The summed E-state index contributed by atoms with van der Waals surface area (Å²) in [4.78, 5) is 0. The zero-order chi connectivity index (χ0) is 15.5. The van der Waals surface area contributed by atoms with Crippen LogP contribution in [0.2, 0.25) is 5.02 Å². The van der Waals surface area contributed by atoms with E-state index >= 15 is 0 Å². The summed E-state index contributed by atoms with van der Waals surface area (Å²) in [6.07, 6.45) is 1.80. The van der Waals surface area contributed by atoms with Crippen LogP contribution in [-0.4, -0.2) is 0 Å². The van der Waals surface area contributed by atoms with E-state index in [0.29, 0.717) is 5.92 Å². The average Bonchev–Trinajstić information content (AvgIpc) is 2.57. The Kier molecular flexibility index (Phi) is 4.14. The minimum absolute atomic E-state index is 0.00903. The summed E-state index contributed by atoms with van der Waals surface area (Å²) in [7, 11) is 0. The van der Waals surface area contributed by atoms with Crippen LogP contribution in [0.4, 0.5) is 0 Å². The van der Waals surface area contributed by atoms with Gasteiger partial charge in [0.15, 0.2) is 0 Å². The van der Waals surface area contributed by atoms with E-state index in [2.05, 4.69) is 36.4 Å². The quantitative estimate of drug-likeness (QED) is 0.782. The second kappa shape index (κ2) is 6.22. The van der Waals surface area contributed by atoms with E-state index in [-0.39, 0.29) is 5.92 Å². The van der Waals surface area contributed by atoms with Gasteiger partial charge in [0.2, 0.25) is 0 Å². The predicted octanol–water partition coefficient (Wildman–Crippen LogP) is 5.01. The van der Waals surface area contributed by atoms with Gasteiger partial charge in [-0.25, -0.2) is 0 Å². The van der Waals surface area contributed by atoms with Gasteiger partial charge in [-0.3, -0.25) is 0 Å². The van der Waals surface area contributed by atoms with E-state index in [1.54, 1.807) is 0 Å². The molecule has 1 aliphatic carbocycles. The molecule has 22 heavy (non-hydrogen) atoms. The monoisotopic (exact) mass is 306 g/mol. The summed E-state index contributed by atoms with van der Waals surface area (Å²) < 4.78 is 0. The number of nitriles is 2. The van der Waals surface area contributed by atoms with Gasteiger partial charge in [-0.2, -0.15) is 10.5 Å². The van der Waals surface area contributed by atoms with Crippen molar-refractivity contribution >= 4 is 11.6 Å². The SMILES string of the molecule is N#CC(C#N)C1CCC(c2ccc(Cl)cc2)c2ccccc21. The third-order valence-corrected chi connectivity index (χ3v) is 4.74. The van der Waals surface area contributed by atoms with Gasteiger partial charge in [0.1, 0.15) is 5.92 Å². The summed E-state index contributed by atoms with van der Waals surface area (Å²) in [5.41, 5.74) is 3.61. The Labute approximate surface area is 135 Å². The molecule has 0 saturated heterocycles. The van der Waals surface area contributed by atoms with E-state index in [0.717, 1.165) is 23.4 Å². The second-order valence-corrected chi connectivity index (χ2v) is 6.09. The molecule has 0 fully saturated rings. The number of halogens is 1. The van der Waals surface area contributed by atoms with Crippen molar-refractivity contribution < 1.29 is 0 Å². The van der Waals surface area contributed by atoms with Crippen molar-refractivity contribution in [3.63, 3.8) is 0 Å². The molecule has 1 aliphatic rings. The van der Waals surface area contributed by atoms with Crippen LogP contribution in [0, 0.1) is 28.6 Å². The number of hydrogen-bond donors (Lipinski definition) is 0. The first-order chi connectivity index (χ1) is 10.7. The Bertz CT molecular complexity index is 738. The van der Waals surface area contributed by atoms with Gasteiger partial charge in [0, 0.05) is 16.9 Å². The fourth-order valence-electron chi connectivity index (χ4n) is 3.42. The molecule has 0 bridgehead atoms. The fraction of sp³-hybridized carbons (Fsp3) is 0.263. The first-order valence-electron chi connectivity index (χ1n) is 7.38. The molecule has 2 aromatic rings. The lowest BCUT2D eigenvalue weighted by Crippen LogP contribution is -2.20. The van der Waals surface area contributed by atoms with Gasteiger partial charge in [0.25, 0.3) is 0 Å². The maximum absolute atomic E-state index is 9.23. The zero-order valence-corrected chi connectivity index (χ0v) is 12.8. The van der Waals surface area contributed by atoms with Crippen molar-refractivity contribution in [2.75, 3.05) is 0 Å². The van der Waals surface area contributed by atoms with Gasteiger partial charge in [-0.1, -0.05) is 48.0 Å². The molecule has 0 heterocycles. The first-order valence-corrected chi connectivity index (χ1v) is 7.76. The minimum atomic E-state index is -0.577. The molecular weight excluding hydrogens is 292 g/mol. The molecule has 0 N–H and O–H groups in total. The molecule has 0 amide bonds. The van der Waals surface area contributed by atoms with Crippen LogP contribution in [0.5, 0.6) is 0 Å². The standard InChI is InChI=1S/C19H15ClN2/c20-15-7-5-13(6-8-15)16-9-10-17(14(11-21)12-22)19-4-2-1-3-18(16)19/h1-8,14,16-17H,9-10H2. The van der Waals surface area contributed by atoms with E-state index in [4.69, 9.17) is 11.6 Å². The van der Waals surface area contributed by atoms with E-state index < -0.39 is 5.92 Å². The number of nitrogens with zero attached hydrogens (tertiary/aromatic N) is 2. The molecule has 0 saturated carbocycles. The largest absolute Gasteiger partial charge is 0.197 e. The van der Waals surface area contributed by atoms with Gasteiger partial charge in [0.05, 0.1) is 12.1 Å². The maximum atomic E-state index is 9.23. The predicted molar refractivity (Wildman–Crippen MR) is 86.4 cm³/mol. The van der Waals surface area contributed by atoms with Crippen LogP contribution < -0.4 is 0 Å². The maximum Gasteiger partial charge on any atom is 0.140 e. The zero-order valence-electron chi connectivity index (χ0n) is 12.0. The molecule has 0 spiro atoms. The minimum Gasteiger partial charge on any atom is -0.197 e. The molecule has 0 aromatic heterocycles. The van der Waals surface area contributed by atoms with Crippen LogP contribution in [-0.2, 0) is 0 Å². The number of fused-ring (bicyclic) bond motifs is 1. The third kappa shape index (κ3) is 2.59. The summed E-state index contributed by atoms with van der Waals surface area (Å²) in [5, 5.41) is 19.2. The molecule has 2 aromatic carbocycles. The van der Waals surface area contributed by atoms with E-state index in [9.17, 15) is 10.5 Å². The van der Waals surface area contributed by atoms with Crippen LogP contribution >= 0.6 is 11.6 Å². The van der Waals surface area contributed by atoms with Crippen molar-refractivity contribution in [3.8, 4) is 12.1 Å². The first kappa shape index (κ1) is 14.6. The molecule has 3 rings (SSSR count). The highest BCUT2D eigenvalue weighted by Crippen LogP contribution is 2.44. The van der Waals surface area contributed by atoms with Gasteiger partial charge >= 0.3 is 0 Å². The molecule has 3 heteroatoms. The normalized spacial score (nSPS) is 20.0. The van der Waals surface area contributed by atoms with Crippen LogP contribution in [0.25, 0.3) is 0 Å². The Morgan fingerprint density at radius 3 is 2.18 bits per heavy atom. The van der Waals surface area contributed by atoms with Crippen LogP contribution in [0.3, 0.4) is 0 Å². The number of benzene rings is 2. The van der Waals surface area contributed by atoms with Crippen LogP contribution in [0.1, 0.15) is 41.4 Å². The van der Waals surface area contributed by atoms with Crippen molar-refractivity contribution in [2.24, 2.45) is 5.92 Å². The number of hydrogen-bond acceptors (Lipinski definition) is 2. The van der Waals surface area contributed by atoms with E-state index in [1.807, 2.05) is 24.3 Å². The Morgan fingerprint density at radius 1 is 0.909 bits per heavy atom. The molecule has 2 unspecified atom stereocenters. The lowest BCUT2D eigenvalue weighted by atomic mass is 9.70. The second-order valence-electron chi connectivity index (χ2n) is 5.65. The van der Waals surface area contributed by atoms with Crippen molar-refractivity contribution in [1.29, 1.82) is 10.5 Å². The Hall–Kier alpha value is -2.29. The smallest absolute Gasteiger partial charge is 0.140 e. The third-order valence-electron chi connectivity index (χ3n) is 4.49. The lowest BCUT2D eigenvalue weighted by Gasteiger charge is -2.32. The van der Waals surface area contributed by atoms with E-state index in [1.165, 1.54) is 11.1 Å². The molecule has 2 atom stereocenters. The highest BCUT2D eigenvalue weighted by molar-refractivity contribution is 6.30. The summed E-state index contributed by atoms with van der Waals surface area (Å²) in [5.74, 6) is -0.259. The molecule has 0 aliphatic heterocycles. The summed E-state index contributed by atoms with van der Waals surface area (Å²) in [6.45, 7) is 0. The fourth-order valence-corrected chi connectivity index (χ4v) is 3.55. The molecule has 108 valence electrons. The highest BCUT2D eigenvalue weighted by Gasteiger charge is 2.32. The van der Waals surface area contributed by atoms with Gasteiger partial charge in [-0.05, 0) is 41.7 Å². The molecule has 0 radical (unpaired) electrons. The Balaban J connectivity index is 2.03. The highest BCUT2D eigenvalue weighted by atomic mass is 35.5. The number of rotatable bonds is 2. The topological polar surface area (TPSA) is 47.6 Å². The lowest BCUT2D eigenvalue weighted by molar-refractivity contribution is 0.480. The van der Waals surface area contributed by atoms with Gasteiger partial charge < -0.3 is 0 Å². The van der Waals surface area contributed by atoms with Crippen molar-refractivity contribution in [1.82, 2.24) is 0 Å². The summed E-state index contributed by atoms with van der Waals surface area (Å²) >= 11 is 5.98. The van der Waals surface area contributed by atoms with Gasteiger partial charge in [-0.15, -0.1) is 0 Å². The van der Waals surface area contributed by atoms with Crippen LogP contribution in [0.15, 0.2) is 48.5 Å². The molecular formula is C19H15ClN2. The Morgan fingerprint density at radius 2 is 1.55 bits per heavy atom. The van der Waals surface area contributed by atoms with Crippen molar-refractivity contribution in [3.05, 3.63) is 70.2 Å². The van der Waals surface area contributed by atoms with Crippen molar-refractivity contribution in [2.45, 2.75) is 24.7 Å². The average molecular weight is 307 g/mol.